The molecule has 2 aromatic heterocycles. The number of fused-ring (bicyclic) bond motifs is 1. The number of amides is 1. The van der Waals surface area contributed by atoms with Crippen molar-refractivity contribution in [1.29, 1.82) is 0 Å². The van der Waals surface area contributed by atoms with E-state index in [1.54, 1.807) is 18.7 Å². The molecule has 1 aliphatic rings. The molecule has 2 aromatic rings. The normalized spacial score (nSPS) is 18.1. The Balaban J connectivity index is 1.82. The largest absolute Gasteiger partial charge is 0.356 e. The molecule has 86 valence electrons. The maximum absolute atomic E-state index is 11.8. The van der Waals surface area contributed by atoms with Gasteiger partial charge in [-0.05, 0) is 0 Å². The topological polar surface area (TPSA) is 95.6 Å². The van der Waals surface area contributed by atoms with Crippen LogP contribution < -0.4 is 10.6 Å². The molecule has 0 aliphatic carbocycles. The third-order valence-electron chi connectivity index (χ3n) is 2.58. The summed E-state index contributed by atoms with van der Waals surface area (Å²) in [5.74, 6) is 0.547. The maximum Gasteiger partial charge on any atom is 0.247 e. The average molecular weight is 230 g/mol. The maximum atomic E-state index is 11.8. The number of aromatic amines is 1. The van der Waals surface area contributed by atoms with Crippen LogP contribution in [0.15, 0.2) is 25.0 Å². The van der Waals surface area contributed by atoms with E-state index in [0.717, 1.165) is 5.69 Å². The minimum atomic E-state index is -0.349. The van der Waals surface area contributed by atoms with Crippen LogP contribution in [0.1, 0.15) is 5.69 Å². The molecule has 1 amide bonds. The lowest BCUT2D eigenvalue weighted by Crippen LogP contribution is -2.40. The van der Waals surface area contributed by atoms with Crippen LogP contribution in [0.25, 0.3) is 0 Å². The molecule has 7 heteroatoms. The van der Waals surface area contributed by atoms with Crippen molar-refractivity contribution < 1.29 is 4.79 Å². The monoisotopic (exact) mass is 230 g/mol. The van der Waals surface area contributed by atoms with Gasteiger partial charge in [-0.25, -0.2) is 15.0 Å². The Morgan fingerprint density at radius 3 is 3.06 bits per heavy atom. The Bertz CT molecular complexity index is 537. The molecule has 0 bridgehead atoms. The van der Waals surface area contributed by atoms with Crippen molar-refractivity contribution in [1.82, 2.24) is 19.9 Å². The number of nitrogens with one attached hydrogen (secondary N) is 3. The Hall–Kier alpha value is -2.44. The third-order valence-corrected chi connectivity index (χ3v) is 2.58. The lowest BCUT2D eigenvalue weighted by Gasteiger charge is -2.24. The van der Waals surface area contributed by atoms with Gasteiger partial charge in [-0.2, -0.15) is 0 Å². The predicted octanol–water partition coefficient (Wildman–Crippen LogP) is 0.175. The SMILES string of the molecule is O=C1Nc2cncnc2NC1Cc1cnc[nH]1. The molecule has 17 heavy (non-hydrogen) atoms. The molecule has 0 spiro atoms. The Labute approximate surface area is 96.7 Å². The Kier molecular flexibility index (Phi) is 2.21. The van der Waals surface area contributed by atoms with Gasteiger partial charge in [-0.1, -0.05) is 0 Å². The van der Waals surface area contributed by atoms with Crippen molar-refractivity contribution in [2.24, 2.45) is 0 Å². The molecule has 3 N–H and O–H groups in total. The second-order valence-electron chi connectivity index (χ2n) is 3.75. The van der Waals surface area contributed by atoms with Crippen molar-refractivity contribution in [2.45, 2.75) is 12.5 Å². The number of aromatic nitrogens is 4. The second-order valence-corrected chi connectivity index (χ2v) is 3.75. The molecular formula is C10H10N6O. The lowest BCUT2D eigenvalue weighted by atomic mass is 10.1. The first kappa shape index (κ1) is 9.76. The first-order chi connectivity index (χ1) is 8.33. The van der Waals surface area contributed by atoms with Crippen LogP contribution in [0.2, 0.25) is 0 Å². The van der Waals surface area contributed by atoms with E-state index < -0.39 is 0 Å². The first-order valence-corrected chi connectivity index (χ1v) is 5.17. The highest BCUT2D eigenvalue weighted by Crippen LogP contribution is 2.23. The number of hydrogen-bond donors (Lipinski definition) is 3. The average Bonchev–Trinajstić information content (AvgIpc) is 2.83. The molecule has 0 saturated carbocycles. The van der Waals surface area contributed by atoms with Crippen molar-refractivity contribution in [3.8, 4) is 0 Å². The summed E-state index contributed by atoms with van der Waals surface area (Å²) in [5.41, 5.74) is 1.51. The minimum absolute atomic E-state index is 0.0955. The minimum Gasteiger partial charge on any atom is -0.356 e. The number of rotatable bonds is 2. The highest BCUT2D eigenvalue weighted by atomic mass is 16.2. The van der Waals surface area contributed by atoms with Crippen molar-refractivity contribution in [2.75, 3.05) is 10.6 Å². The van der Waals surface area contributed by atoms with E-state index in [9.17, 15) is 4.79 Å². The Morgan fingerprint density at radius 1 is 1.29 bits per heavy atom. The number of nitrogens with zero attached hydrogens (tertiary/aromatic N) is 3. The predicted molar refractivity (Wildman–Crippen MR) is 60.4 cm³/mol. The highest BCUT2D eigenvalue weighted by Gasteiger charge is 2.26. The fraction of sp³-hybridized carbons (Fsp3) is 0.200. The summed E-state index contributed by atoms with van der Waals surface area (Å²) in [7, 11) is 0. The molecule has 3 rings (SSSR count). The molecular weight excluding hydrogens is 220 g/mol. The van der Waals surface area contributed by atoms with Crippen LogP contribution in [-0.4, -0.2) is 31.9 Å². The number of hydrogen-bond acceptors (Lipinski definition) is 5. The first-order valence-electron chi connectivity index (χ1n) is 5.17. The van der Waals surface area contributed by atoms with Crippen LogP contribution in [-0.2, 0) is 11.2 Å². The summed E-state index contributed by atoms with van der Waals surface area (Å²) < 4.78 is 0. The number of H-pyrrole nitrogens is 1. The van der Waals surface area contributed by atoms with E-state index in [2.05, 4.69) is 30.6 Å². The van der Waals surface area contributed by atoms with Gasteiger partial charge < -0.3 is 15.6 Å². The van der Waals surface area contributed by atoms with Gasteiger partial charge in [0.05, 0.1) is 12.5 Å². The van der Waals surface area contributed by atoms with Crippen LogP contribution in [0.4, 0.5) is 11.5 Å². The summed E-state index contributed by atoms with van der Waals surface area (Å²) in [5, 5.41) is 5.84. The van der Waals surface area contributed by atoms with Crippen molar-refractivity contribution in [3.63, 3.8) is 0 Å². The molecule has 3 heterocycles. The summed E-state index contributed by atoms with van der Waals surface area (Å²) in [6, 6.07) is -0.349. The summed E-state index contributed by atoms with van der Waals surface area (Å²) in [6.07, 6.45) is 6.84. The molecule has 0 aromatic carbocycles. The van der Waals surface area contributed by atoms with Gasteiger partial charge >= 0.3 is 0 Å². The second kappa shape index (κ2) is 3.85. The molecule has 0 radical (unpaired) electrons. The smallest absolute Gasteiger partial charge is 0.247 e. The zero-order valence-corrected chi connectivity index (χ0v) is 8.84. The van der Waals surface area contributed by atoms with E-state index in [0.29, 0.717) is 17.9 Å². The van der Waals surface area contributed by atoms with Crippen molar-refractivity contribution >= 4 is 17.4 Å². The van der Waals surface area contributed by atoms with Gasteiger partial charge in [0.25, 0.3) is 0 Å². The van der Waals surface area contributed by atoms with E-state index in [-0.39, 0.29) is 11.9 Å². The summed E-state index contributed by atoms with van der Waals surface area (Å²) in [4.78, 5) is 26.6. The zero-order valence-electron chi connectivity index (χ0n) is 8.84. The third kappa shape index (κ3) is 1.82. The van der Waals surface area contributed by atoms with Crippen molar-refractivity contribution in [3.05, 3.63) is 30.7 Å². The number of carbonyl (C=O) groups excluding carboxylic acids is 1. The number of carbonyl (C=O) groups is 1. The van der Waals surface area contributed by atoms with Gasteiger partial charge in [0, 0.05) is 18.3 Å². The highest BCUT2D eigenvalue weighted by molar-refractivity contribution is 6.02. The molecule has 1 aliphatic heterocycles. The standard InChI is InChI=1S/C10H10N6O/c17-10-7(1-6-2-11-4-13-6)15-9-8(16-10)3-12-5-14-9/h2-5,7H,1H2,(H,11,13)(H,16,17)(H,12,14,15). The molecule has 1 atom stereocenters. The Morgan fingerprint density at radius 2 is 2.24 bits per heavy atom. The van der Waals surface area contributed by atoms with Gasteiger partial charge in [0.15, 0.2) is 5.82 Å². The molecule has 7 nitrogen and oxygen atoms in total. The number of imidazole rings is 1. The summed E-state index contributed by atoms with van der Waals surface area (Å²) >= 11 is 0. The van der Waals surface area contributed by atoms with Crippen LogP contribution in [0.5, 0.6) is 0 Å². The molecule has 1 unspecified atom stereocenters. The lowest BCUT2D eigenvalue weighted by molar-refractivity contribution is -0.117. The van der Waals surface area contributed by atoms with E-state index in [1.165, 1.54) is 6.33 Å². The van der Waals surface area contributed by atoms with E-state index >= 15 is 0 Å². The molecule has 0 fully saturated rings. The summed E-state index contributed by atoms with van der Waals surface area (Å²) in [6.45, 7) is 0. The zero-order chi connectivity index (χ0) is 11.7. The van der Waals surface area contributed by atoms with E-state index in [4.69, 9.17) is 0 Å². The van der Waals surface area contributed by atoms with Gasteiger partial charge in [-0.3, -0.25) is 4.79 Å². The van der Waals surface area contributed by atoms with Crippen LogP contribution in [0.3, 0.4) is 0 Å². The van der Waals surface area contributed by atoms with Gasteiger partial charge in [-0.15, -0.1) is 0 Å². The quantitative estimate of drug-likeness (QED) is 0.683. The van der Waals surface area contributed by atoms with Gasteiger partial charge in [0.2, 0.25) is 5.91 Å². The van der Waals surface area contributed by atoms with Crippen LogP contribution >= 0.6 is 0 Å². The molecule has 0 saturated heterocycles. The fourth-order valence-electron chi connectivity index (χ4n) is 1.75. The van der Waals surface area contributed by atoms with Gasteiger partial charge in [0.1, 0.15) is 18.1 Å². The van der Waals surface area contributed by atoms with Crippen LogP contribution in [0, 0.1) is 0 Å². The van der Waals surface area contributed by atoms with E-state index in [1.807, 2.05) is 0 Å². The fourth-order valence-corrected chi connectivity index (χ4v) is 1.75. The number of anilines is 2.